The number of carbonyl (C=O) groups is 1. The number of nitrogens with two attached hydrogens (primary N) is 1. The van der Waals surface area contributed by atoms with Crippen molar-refractivity contribution in [3.63, 3.8) is 0 Å². The number of benzene rings is 1. The molecule has 16 heteroatoms. The molecule has 5 atom stereocenters. The van der Waals surface area contributed by atoms with Crippen LogP contribution in [0.3, 0.4) is 0 Å². The quantitative estimate of drug-likeness (QED) is 0.218. The molecule has 0 radical (unpaired) electrons. The Bertz CT molecular complexity index is 1490. The zero-order valence-corrected chi connectivity index (χ0v) is 25.3. The number of anilines is 1. The van der Waals surface area contributed by atoms with Crippen molar-refractivity contribution in [1.29, 1.82) is 0 Å². The van der Waals surface area contributed by atoms with Crippen LogP contribution < -0.4 is 16.4 Å². The van der Waals surface area contributed by atoms with E-state index in [1.54, 1.807) is 16.4 Å². The molecular weight excluding hydrogens is 626 g/mol. The number of amides is 1. The van der Waals surface area contributed by atoms with Crippen LogP contribution in [0, 0.1) is 5.82 Å². The zero-order chi connectivity index (χ0) is 31.8. The van der Waals surface area contributed by atoms with E-state index in [4.69, 9.17) is 17.3 Å². The first kappa shape index (κ1) is 32.6. The molecule has 10 nitrogen and oxygen atoms in total. The average Bonchev–Trinajstić information content (AvgIpc) is 3.30. The summed E-state index contributed by atoms with van der Waals surface area (Å²) in [4.78, 5) is 17.4. The minimum atomic E-state index is -4.72. The summed E-state index contributed by atoms with van der Waals surface area (Å²) in [7, 11) is -1.63. The third-order valence-corrected chi connectivity index (χ3v) is 10.5. The van der Waals surface area contributed by atoms with Crippen LogP contribution in [0.15, 0.2) is 42.7 Å². The fraction of sp³-hybridized carbons (Fsp3) is 0.464. The van der Waals surface area contributed by atoms with Crippen molar-refractivity contribution in [1.82, 2.24) is 24.4 Å². The number of aryl methyl sites for hydroxylation is 1. The van der Waals surface area contributed by atoms with Gasteiger partial charge in [-0.3, -0.25) is 23.6 Å². The van der Waals surface area contributed by atoms with Crippen LogP contribution in [0.1, 0.15) is 47.7 Å². The highest BCUT2D eigenvalue weighted by Gasteiger charge is 2.39. The molecular formula is C28H34ClF4N7O3S. The van der Waals surface area contributed by atoms with Gasteiger partial charge < -0.3 is 16.4 Å². The molecule has 3 aromatic rings. The van der Waals surface area contributed by atoms with E-state index in [0.29, 0.717) is 36.5 Å². The van der Waals surface area contributed by atoms with E-state index in [9.17, 15) is 27.1 Å². The number of piperazine rings is 1. The van der Waals surface area contributed by atoms with Crippen molar-refractivity contribution in [3.05, 3.63) is 76.1 Å². The number of aromatic nitrogens is 3. The molecule has 1 unspecified atom stereocenters. The van der Waals surface area contributed by atoms with Crippen LogP contribution in [-0.2, 0) is 24.4 Å². The highest BCUT2D eigenvalue weighted by molar-refractivity contribution is 8.22. The summed E-state index contributed by atoms with van der Waals surface area (Å²) in [5.74, 6) is -2.24. The van der Waals surface area contributed by atoms with Gasteiger partial charge in [0.1, 0.15) is 5.82 Å². The number of hydrogen-bond donors (Lipinski definition) is 5. The van der Waals surface area contributed by atoms with E-state index < -0.39 is 46.3 Å². The van der Waals surface area contributed by atoms with Crippen LogP contribution in [0.4, 0.5) is 23.2 Å². The summed E-state index contributed by atoms with van der Waals surface area (Å²) in [6.07, 6.45) is -0.406. The van der Waals surface area contributed by atoms with Gasteiger partial charge in [-0.15, -0.1) is 10.8 Å². The van der Waals surface area contributed by atoms with Crippen LogP contribution in [0.2, 0.25) is 5.02 Å². The molecule has 0 aliphatic carbocycles. The highest BCUT2D eigenvalue weighted by atomic mass is 35.5. The molecule has 5 rings (SSSR count). The van der Waals surface area contributed by atoms with Crippen molar-refractivity contribution in [2.75, 3.05) is 24.2 Å². The van der Waals surface area contributed by atoms with E-state index in [-0.39, 0.29) is 41.2 Å². The molecule has 44 heavy (non-hydrogen) atoms. The number of alkyl halides is 3. The second-order valence-electron chi connectivity index (χ2n) is 11.1. The Morgan fingerprint density at radius 1 is 1.27 bits per heavy atom. The molecule has 2 saturated heterocycles. The molecule has 1 aromatic carbocycles. The lowest BCUT2D eigenvalue weighted by Crippen LogP contribution is -2.55. The smallest absolute Gasteiger partial charge is 0.323 e. The molecule has 0 saturated carbocycles. The van der Waals surface area contributed by atoms with Gasteiger partial charge >= 0.3 is 6.18 Å². The molecule has 6 N–H and O–H groups in total. The van der Waals surface area contributed by atoms with Crippen molar-refractivity contribution < 1.29 is 31.5 Å². The molecule has 0 spiro atoms. The third-order valence-electron chi connectivity index (χ3n) is 8.20. The van der Waals surface area contributed by atoms with E-state index >= 15 is 4.39 Å². The zero-order valence-electron chi connectivity index (χ0n) is 23.8. The summed E-state index contributed by atoms with van der Waals surface area (Å²) in [6, 6.07) is 5.48. The Balaban J connectivity index is 1.39. The molecule has 2 aliphatic rings. The first-order chi connectivity index (χ1) is 20.7. The number of halogens is 5. The summed E-state index contributed by atoms with van der Waals surface area (Å²) in [6.45, 7) is 0.966. The molecule has 2 aromatic heterocycles. The normalized spacial score (nSPS) is 23.8. The second-order valence-corrected chi connectivity index (χ2v) is 13.7. The number of pyridine rings is 1. The number of nitrogens with zero attached hydrogens (tertiary/aromatic N) is 4. The van der Waals surface area contributed by atoms with Gasteiger partial charge in [0.25, 0.3) is 0 Å². The number of fused-ring (bicyclic) bond motifs is 2. The number of hydrogen-bond acceptors (Lipinski definition) is 8. The van der Waals surface area contributed by atoms with Crippen LogP contribution >= 0.6 is 22.4 Å². The molecule has 2 aliphatic heterocycles. The van der Waals surface area contributed by atoms with Crippen molar-refractivity contribution >= 4 is 34.0 Å². The Kier molecular flexibility index (Phi) is 9.56. The first-order valence-electron chi connectivity index (χ1n) is 14.1. The Hall–Kier alpha value is -2.79. The van der Waals surface area contributed by atoms with Gasteiger partial charge in [-0.1, -0.05) is 23.7 Å². The van der Waals surface area contributed by atoms with Gasteiger partial charge in [0.15, 0.2) is 5.69 Å². The lowest BCUT2D eigenvalue weighted by Gasteiger charge is -2.49. The van der Waals surface area contributed by atoms with Crippen molar-refractivity contribution in [2.24, 2.45) is 12.8 Å². The summed E-state index contributed by atoms with van der Waals surface area (Å²) < 4.78 is 79.8. The average molecular weight is 660 g/mol. The van der Waals surface area contributed by atoms with Gasteiger partial charge in [0.2, 0.25) is 5.91 Å². The second kappa shape index (κ2) is 12.9. The number of nitrogens with one attached hydrogen (secondary N) is 2. The van der Waals surface area contributed by atoms with Gasteiger partial charge in [0, 0.05) is 48.5 Å². The van der Waals surface area contributed by atoms with E-state index in [1.807, 2.05) is 0 Å². The minimum Gasteiger partial charge on any atom is -0.323 e. The maximum Gasteiger partial charge on any atom is 0.435 e. The monoisotopic (exact) mass is 659 g/mol. The van der Waals surface area contributed by atoms with Crippen LogP contribution in [0.5, 0.6) is 0 Å². The highest BCUT2D eigenvalue weighted by Crippen LogP contribution is 2.49. The molecule has 2 fully saturated rings. The van der Waals surface area contributed by atoms with Crippen molar-refractivity contribution in [3.8, 4) is 0 Å². The molecule has 1 amide bonds. The number of rotatable bonds is 8. The topological polar surface area (TPSA) is 142 Å². The van der Waals surface area contributed by atoms with Gasteiger partial charge in [-0.2, -0.15) is 18.3 Å². The van der Waals surface area contributed by atoms with E-state index in [0.717, 1.165) is 23.4 Å². The molecule has 240 valence electrons. The van der Waals surface area contributed by atoms with E-state index in [2.05, 4.69) is 20.7 Å². The Morgan fingerprint density at radius 3 is 2.68 bits per heavy atom. The van der Waals surface area contributed by atoms with Gasteiger partial charge in [-0.05, 0) is 49.4 Å². The summed E-state index contributed by atoms with van der Waals surface area (Å²) in [5.41, 5.74) is 5.97. The number of carbonyl (C=O) groups excluding carboxylic acids is 1. The lowest BCUT2D eigenvalue weighted by molar-refractivity contribution is -0.141. The van der Waals surface area contributed by atoms with Crippen LogP contribution in [-0.4, -0.2) is 71.1 Å². The Morgan fingerprint density at radius 2 is 2.00 bits per heavy atom. The maximum atomic E-state index is 15.1. The summed E-state index contributed by atoms with van der Waals surface area (Å²) in [5, 5.41) is 10.0. The molecule has 4 heterocycles. The Labute approximate surface area is 258 Å². The predicted octanol–water partition coefficient (Wildman–Crippen LogP) is 4.76. The fourth-order valence-electron chi connectivity index (χ4n) is 5.92. The van der Waals surface area contributed by atoms with Gasteiger partial charge in [-0.25, -0.2) is 8.70 Å². The first-order valence-corrected chi connectivity index (χ1v) is 16.1. The van der Waals surface area contributed by atoms with E-state index in [1.165, 1.54) is 25.4 Å². The van der Waals surface area contributed by atoms with Crippen molar-refractivity contribution in [2.45, 2.75) is 55.9 Å². The fourth-order valence-corrected chi connectivity index (χ4v) is 7.91. The summed E-state index contributed by atoms with van der Waals surface area (Å²) >= 11 is 6.02. The third kappa shape index (κ3) is 7.03. The predicted molar refractivity (Wildman–Crippen MR) is 160 cm³/mol. The van der Waals surface area contributed by atoms with Crippen LogP contribution in [0.25, 0.3) is 0 Å². The molecule has 2 bridgehead atoms. The lowest BCUT2D eigenvalue weighted by atomic mass is 9.88. The standard InChI is InChI=1S/C28H34ClF4N7O3S/c1-39-23(11-24(38-39)28(31,32)33)25(16-4-6-17(29)7-5-16)26(34)27(41)37-22-14-35-13-21(30)20(22)9-8-19-12-36-18-3-2-10-44(42,43)40(19)15-18/h4-7,11,13-14,18-19,25-26,36,42-43H,2-3,8-10,12,15,34H2,1H3,(H,37,41)/t18-,19+,25+,26+/m1/s1. The van der Waals surface area contributed by atoms with Gasteiger partial charge in [0.05, 0.1) is 35.8 Å². The largest absolute Gasteiger partial charge is 0.435 e. The maximum absolute atomic E-state index is 15.1. The minimum absolute atomic E-state index is 0.0411. The SMILES string of the molecule is Cn1nc(C(F)(F)F)cc1[C@H](c1ccc(Cl)cc1)[C@H](N)C(=O)Nc1cncc(F)c1CC[C@H]1CN[C@@H]2CCCS(O)(O)N1C2.